The first kappa shape index (κ1) is 15.0. The normalized spacial score (nSPS) is 8.71. The Balaban J connectivity index is 0.00000128. The molecule has 0 atom stereocenters. The first-order valence-electron chi connectivity index (χ1n) is 4.79. The standard InChI is InChI=1S/C11H12BN3.2H2O/c12-8-2-1-3-10(6-8)15-11-5-4-9(13)7-14-11;;/h1-7H,12-13H2,(H,14,15);2*1H2. The van der Waals surface area contributed by atoms with Gasteiger partial charge in [0.05, 0.1) is 11.9 Å². The fraction of sp³-hybridized carbons (Fsp3) is 0. The quantitative estimate of drug-likeness (QED) is 0.649. The van der Waals surface area contributed by atoms with Crippen molar-refractivity contribution in [1.29, 1.82) is 0 Å². The maximum Gasteiger partial charge on any atom is 0.139 e. The van der Waals surface area contributed by atoms with E-state index in [9.17, 15) is 0 Å². The number of aromatic nitrogens is 1. The van der Waals surface area contributed by atoms with Gasteiger partial charge in [-0.05, 0) is 24.3 Å². The van der Waals surface area contributed by atoms with E-state index in [1.165, 1.54) is 5.46 Å². The Hall–Kier alpha value is -2.05. The van der Waals surface area contributed by atoms with E-state index in [1.807, 2.05) is 24.3 Å². The highest BCUT2D eigenvalue weighted by Crippen LogP contribution is 2.13. The van der Waals surface area contributed by atoms with E-state index in [2.05, 4.69) is 30.3 Å². The van der Waals surface area contributed by atoms with Crippen LogP contribution in [0.25, 0.3) is 0 Å². The van der Waals surface area contributed by atoms with Crippen molar-refractivity contribution >= 4 is 30.5 Å². The molecule has 0 aliphatic rings. The average Bonchev–Trinajstić information content (AvgIpc) is 2.22. The van der Waals surface area contributed by atoms with E-state index in [1.54, 1.807) is 6.20 Å². The van der Waals surface area contributed by atoms with Crippen LogP contribution in [-0.2, 0) is 0 Å². The number of hydrogen-bond acceptors (Lipinski definition) is 3. The molecule has 90 valence electrons. The van der Waals surface area contributed by atoms with Gasteiger partial charge in [-0.15, -0.1) is 0 Å². The molecule has 7 N–H and O–H groups in total. The number of nitrogens with one attached hydrogen (secondary N) is 1. The molecule has 1 heterocycles. The predicted molar refractivity (Wildman–Crippen MR) is 73.8 cm³/mol. The zero-order valence-electron chi connectivity index (χ0n) is 9.57. The first-order valence-corrected chi connectivity index (χ1v) is 4.79. The van der Waals surface area contributed by atoms with Crippen LogP contribution in [0.2, 0.25) is 0 Å². The van der Waals surface area contributed by atoms with Gasteiger partial charge in [-0.3, -0.25) is 0 Å². The molecular formula is C11H16BN3O2. The number of pyridine rings is 1. The van der Waals surface area contributed by atoms with Crippen LogP contribution in [0.5, 0.6) is 0 Å². The Bertz CT molecular complexity index is 463. The Morgan fingerprint density at radius 2 is 1.88 bits per heavy atom. The Morgan fingerprint density at radius 1 is 1.12 bits per heavy atom. The fourth-order valence-electron chi connectivity index (χ4n) is 1.35. The van der Waals surface area contributed by atoms with Gasteiger partial charge >= 0.3 is 0 Å². The van der Waals surface area contributed by atoms with Crippen LogP contribution in [0.1, 0.15) is 0 Å². The van der Waals surface area contributed by atoms with Crippen LogP contribution >= 0.6 is 0 Å². The number of anilines is 3. The van der Waals surface area contributed by atoms with Gasteiger partial charge < -0.3 is 22.0 Å². The summed E-state index contributed by atoms with van der Waals surface area (Å²) in [6.07, 6.45) is 1.64. The molecule has 5 nitrogen and oxygen atoms in total. The van der Waals surface area contributed by atoms with Crippen LogP contribution in [0.4, 0.5) is 17.2 Å². The smallest absolute Gasteiger partial charge is 0.139 e. The third kappa shape index (κ3) is 4.14. The van der Waals surface area contributed by atoms with E-state index < -0.39 is 0 Å². The van der Waals surface area contributed by atoms with Gasteiger partial charge in [-0.2, -0.15) is 0 Å². The molecule has 0 aliphatic heterocycles. The van der Waals surface area contributed by atoms with Gasteiger partial charge in [0.15, 0.2) is 0 Å². The Morgan fingerprint density at radius 3 is 2.47 bits per heavy atom. The molecule has 0 saturated heterocycles. The number of rotatable bonds is 2. The van der Waals surface area contributed by atoms with Crippen LogP contribution in [0, 0.1) is 0 Å². The number of hydrogen-bond donors (Lipinski definition) is 2. The van der Waals surface area contributed by atoms with Crippen molar-refractivity contribution in [3.05, 3.63) is 42.6 Å². The molecule has 0 aliphatic carbocycles. The molecule has 0 radical (unpaired) electrons. The van der Waals surface area contributed by atoms with Crippen LogP contribution in [0.15, 0.2) is 42.6 Å². The van der Waals surface area contributed by atoms with Crippen molar-refractivity contribution in [2.24, 2.45) is 0 Å². The van der Waals surface area contributed by atoms with Gasteiger partial charge in [0.2, 0.25) is 0 Å². The number of benzene rings is 1. The van der Waals surface area contributed by atoms with Crippen molar-refractivity contribution in [2.75, 3.05) is 11.1 Å². The van der Waals surface area contributed by atoms with Gasteiger partial charge in [-0.1, -0.05) is 17.6 Å². The molecule has 0 spiro atoms. The highest BCUT2D eigenvalue weighted by molar-refractivity contribution is 6.32. The van der Waals surface area contributed by atoms with E-state index in [-0.39, 0.29) is 11.0 Å². The zero-order valence-corrected chi connectivity index (χ0v) is 9.57. The Labute approximate surface area is 101 Å². The largest absolute Gasteiger partial charge is 0.412 e. The lowest BCUT2D eigenvalue weighted by Gasteiger charge is -2.06. The third-order valence-electron chi connectivity index (χ3n) is 2.08. The second-order valence-corrected chi connectivity index (χ2v) is 3.47. The monoisotopic (exact) mass is 233 g/mol. The number of nitrogens with zero attached hydrogens (tertiary/aromatic N) is 1. The van der Waals surface area contributed by atoms with E-state index in [0.29, 0.717) is 5.69 Å². The molecule has 0 fully saturated rings. The number of nitrogens with two attached hydrogens (primary N) is 1. The van der Waals surface area contributed by atoms with Crippen LogP contribution < -0.4 is 16.5 Å². The Kier molecular flexibility index (Phi) is 5.73. The molecular weight excluding hydrogens is 217 g/mol. The summed E-state index contributed by atoms with van der Waals surface area (Å²) in [4.78, 5) is 4.17. The minimum Gasteiger partial charge on any atom is -0.412 e. The van der Waals surface area contributed by atoms with E-state index in [4.69, 9.17) is 5.73 Å². The number of nitrogen functional groups attached to an aromatic ring is 1. The van der Waals surface area contributed by atoms with Gasteiger partial charge in [0.25, 0.3) is 0 Å². The van der Waals surface area contributed by atoms with Crippen molar-refractivity contribution < 1.29 is 11.0 Å². The van der Waals surface area contributed by atoms with Gasteiger partial charge in [-0.25, -0.2) is 4.98 Å². The van der Waals surface area contributed by atoms with Crippen molar-refractivity contribution in [2.45, 2.75) is 0 Å². The minimum absolute atomic E-state index is 0. The van der Waals surface area contributed by atoms with Gasteiger partial charge in [0.1, 0.15) is 13.7 Å². The minimum atomic E-state index is 0. The highest BCUT2D eigenvalue weighted by atomic mass is 16.0. The van der Waals surface area contributed by atoms with E-state index >= 15 is 0 Å². The van der Waals surface area contributed by atoms with Crippen LogP contribution in [0.3, 0.4) is 0 Å². The summed E-state index contributed by atoms with van der Waals surface area (Å²) < 4.78 is 0. The SMILES string of the molecule is Bc1cccc(Nc2ccc(N)cn2)c1.O.O. The molecule has 0 unspecified atom stereocenters. The first-order chi connectivity index (χ1) is 7.24. The maximum absolute atomic E-state index is 5.55. The summed E-state index contributed by atoms with van der Waals surface area (Å²) in [5.41, 5.74) is 8.48. The average molecular weight is 233 g/mol. The topological polar surface area (TPSA) is 114 Å². The van der Waals surface area contributed by atoms with Crippen molar-refractivity contribution in [3.63, 3.8) is 0 Å². The summed E-state index contributed by atoms with van der Waals surface area (Å²) in [6.45, 7) is 0. The second kappa shape index (κ2) is 6.52. The summed E-state index contributed by atoms with van der Waals surface area (Å²) in [5, 5.41) is 3.21. The molecule has 6 heteroatoms. The summed E-state index contributed by atoms with van der Waals surface area (Å²) in [5.74, 6) is 0.801. The van der Waals surface area contributed by atoms with Crippen molar-refractivity contribution in [3.8, 4) is 0 Å². The molecule has 0 amide bonds. The molecule has 2 rings (SSSR count). The summed E-state index contributed by atoms with van der Waals surface area (Å²) in [6, 6.07) is 11.8. The second-order valence-electron chi connectivity index (χ2n) is 3.47. The lowest BCUT2D eigenvalue weighted by molar-refractivity contribution is 0.823. The predicted octanol–water partition coefficient (Wildman–Crippen LogP) is -0.984. The molecule has 1 aromatic heterocycles. The van der Waals surface area contributed by atoms with Crippen LogP contribution in [-0.4, -0.2) is 23.8 Å². The molecule has 1 aromatic carbocycles. The van der Waals surface area contributed by atoms with E-state index in [0.717, 1.165) is 11.5 Å². The lowest BCUT2D eigenvalue weighted by atomic mass is 9.96. The van der Waals surface area contributed by atoms with Crippen molar-refractivity contribution in [1.82, 2.24) is 4.98 Å². The maximum atomic E-state index is 5.55. The van der Waals surface area contributed by atoms with Gasteiger partial charge in [0, 0.05) is 5.69 Å². The fourth-order valence-corrected chi connectivity index (χ4v) is 1.35. The molecule has 2 aromatic rings. The summed E-state index contributed by atoms with van der Waals surface area (Å²) >= 11 is 0. The molecule has 17 heavy (non-hydrogen) atoms. The molecule has 0 saturated carbocycles. The third-order valence-corrected chi connectivity index (χ3v) is 2.08. The highest BCUT2D eigenvalue weighted by Gasteiger charge is 1.95. The zero-order chi connectivity index (χ0) is 10.7. The summed E-state index contributed by atoms with van der Waals surface area (Å²) in [7, 11) is 2.06. The molecule has 0 bridgehead atoms. The lowest BCUT2D eigenvalue weighted by Crippen LogP contribution is -2.03.